The molecule has 1 saturated heterocycles. The van der Waals surface area contributed by atoms with E-state index < -0.39 is 5.82 Å². The average molecular weight is 265 g/mol. The SMILES string of the molecule is Nc1cc(F)cc(C(=O)NCCCN2CCCC2)c1. The third-order valence-corrected chi connectivity index (χ3v) is 3.32. The fourth-order valence-electron chi connectivity index (χ4n) is 2.36. The first-order chi connectivity index (χ1) is 9.15. The van der Waals surface area contributed by atoms with Gasteiger partial charge in [-0.1, -0.05) is 0 Å². The van der Waals surface area contributed by atoms with Crippen LogP contribution in [0.3, 0.4) is 0 Å². The quantitative estimate of drug-likeness (QED) is 0.628. The van der Waals surface area contributed by atoms with Crippen LogP contribution in [-0.2, 0) is 0 Å². The van der Waals surface area contributed by atoms with E-state index in [4.69, 9.17) is 5.73 Å². The van der Waals surface area contributed by atoms with E-state index in [-0.39, 0.29) is 17.2 Å². The molecule has 1 aliphatic rings. The molecule has 3 N–H and O–H groups in total. The van der Waals surface area contributed by atoms with Gasteiger partial charge in [-0.15, -0.1) is 0 Å². The second-order valence-electron chi connectivity index (χ2n) is 4.93. The minimum atomic E-state index is -0.484. The van der Waals surface area contributed by atoms with Crippen LogP contribution in [0.1, 0.15) is 29.6 Å². The van der Waals surface area contributed by atoms with Gasteiger partial charge in [0.1, 0.15) is 5.82 Å². The van der Waals surface area contributed by atoms with Crippen LogP contribution in [0.5, 0.6) is 0 Å². The summed E-state index contributed by atoms with van der Waals surface area (Å²) in [5.41, 5.74) is 6.05. The predicted molar refractivity (Wildman–Crippen MR) is 73.4 cm³/mol. The summed E-state index contributed by atoms with van der Waals surface area (Å²) in [5, 5.41) is 2.79. The van der Waals surface area contributed by atoms with Crippen LogP contribution in [0.15, 0.2) is 18.2 Å². The molecule has 1 heterocycles. The molecule has 19 heavy (non-hydrogen) atoms. The largest absolute Gasteiger partial charge is 0.399 e. The Morgan fingerprint density at radius 1 is 1.32 bits per heavy atom. The number of hydrogen-bond donors (Lipinski definition) is 2. The number of nitrogens with two attached hydrogens (primary N) is 1. The summed E-state index contributed by atoms with van der Waals surface area (Å²) in [6, 6.07) is 3.88. The minimum absolute atomic E-state index is 0.266. The summed E-state index contributed by atoms with van der Waals surface area (Å²) in [7, 11) is 0. The van der Waals surface area contributed by atoms with Crippen LogP contribution in [-0.4, -0.2) is 37.0 Å². The number of carbonyl (C=O) groups excluding carboxylic acids is 1. The van der Waals surface area contributed by atoms with E-state index in [9.17, 15) is 9.18 Å². The number of likely N-dealkylation sites (tertiary alicyclic amines) is 1. The van der Waals surface area contributed by atoms with Crippen molar-refractivity contribution >= 4 is 11.6 Å². The molecule has 1 aromatic rings. The zero-order valence-electron chi connectivity index (χ0n) is 11.0. The van der Waals surface area contributed by atoms with Crippen molar-refractivity contribution in [1.29, 1.82) is 0 Å². The number of anilines is 1. The van der Waals surface area contributed by atoms with Crippen LogP contribution in [0.2, 0.25) is 0 Å². The number of halogens is 1. The molecule has 0 atom stereocenters. The van der Waals surface area contributed by atoms with Crippen molar-refractivity contribution in [2.45, 2.75) is 19.3 Å². The number of carbonyl (C=O) groups is 1. The summed E-state index contributed by atoms with van der Waals surface area (Å²) in [6.45, 7) is 3.93. The number of hydrogen-bond acceptors (Lipinski definition) is 3. The molecule has 1 fully saturated rings. The summed E-state index contributed by atoms with van der Waals surface area (Å²) in [5.74, 6) is -0.755. The van der Waals surface area contributed by atoms with Crippen molar-refractivity contribution in [2.24, 2.45) is 0 Å². The Balaban J connectivity index is 1.74. The number of nitrogen functional groups attached to an aromatic ring is 1. The molecular formula is C14H20FN3O. The maximum Gasteiger partial charge on any atom is 0.251 e. The van der Waals surface area contributed by atoms with Gasteiger partial charge in [-0.05, 0) is 57.1 Å². The summed E-state index contributed by atoms with van der Waals surface area (Å²) in [6.07, 6.45) is 3.46. The lowest BCUT2D eigenvalue weighted by Gasteiger charge is -2.14. The summed E-state index contributed by atoms with van der Waals surface area (Å²) < 4.78 is 13.1. The molecular weight excluding hydrogens is 245 g/mol. The Morgan fingerprint density at radius 2 is 2.05 bits per heavy atom. The highest BCUT2D eigenvalue weighted by molar-refractivity contribution is 5.95. The zero-order valence-corrected chi connectivity index (χ0v) is 11.0. The van der Waals surface area contributed by atoms with Gasteiger partial charge in [-0.2, -0.15) is 0 Å². The first kappa shape index (κ1) is 13.8. The molecule has 1 aromatic carbocycles. The van der Waals surface area contributed by atoms with Crippen molar-refractivity contribution < 1.29 is 9.18 Å². The third-order valence-electron chi connectivity index (χ3n) is 3.32. The number of benzene rings is 1. The molecule has 0 saturated carbocycles. The van der Waals surface area contributed by atoms with Crippen LogP contribution < -0.4 is 11.1 Å². The van der Waals surface area contributed by atoms with Gasteiger partial charge in [0.25, 0.3) is 5.91 Å². The van der Waals surface area contributed by atoms with Gasteiger partial charge >= 0.3 is 0 Å². The second-order valence-corrected chi connectivity index (χ2v) is 4.93. The molecule has 0 spiro atoms. The molecule has 5 heteroatoms. The van der Waals surface area contributed by atoms with E-state index in [1.54, 1.807) is 0 Å². The normalized spacial score (nSPS) is 15.6. The molecule has 0 radical (unpaired) electrons. The number of rotatable bonds is 5. The molecule has 0 bridgehead atoms. The number of nitrogens with zero attached hydrogens (tertiary/aromatic N) is 1. The topological polar surface area (TPSA) is 58.4 Å². The van der Waals surface area contributed by atoms with Gasteiger partial charge < -0.3 is 16.0 Å². The highest BCUT2D eigenvalue weighted by atomic mass is 19.1. The smallest absolute Gasteiger partial charge is 0.251 e. The highest BCUT2D eigenvalue weighted by Gasteiger charge is 2.11. The van der Waals surface area contributed by atoms with Crippen molar-refractivity contribution in [1.82, 2.24) is 10.2 Å². The number of nitrogens with one attached hydrogen (secondary N) is 1. The van der Waals surface area contributed by atoms with Crippen LogP contribution in [0, 0.1) is 5.82 Å². The Bertz CT molecular complexity index is 424. The van der Waals surface area contributed by atoms with E-state index in [0.717, 1.165) is 26.1 Å². The zero-order chi connectivity index (χ0) is 13.7. The average Bonchev–Trinajstić information content (AvgIpc) is 2.86. The minimum Gasteiger partial charge on any atom is -0.399 e. The predicted octanol–water partition coefficient (Wildman–Crippen LogP) is 1.62. The number of amides is 1. The Kier molecular flexibility index (Phi) is 4.74. The van der Waals surface area contributed by atoms with Crippen LogP contribution in [0.25, 0.3) is 0 Å². The van der Waals surface area contributed by atoms with E-state index in [1.807, 2.05) is 0 Å². The van der Waals surface area contributed by atoms with Gasteiger partial charge in [-0.3, -0.25) is 4.79 Å². The lowest BCUT2D eigenvalue weighted by Crippen LogP contribution is -2.28. The maximum atomic E-state index is 13.1. The van der Waals surface area contributed by atoms with Crippen LogP contribution >= 0.6 is 0 Å². The van der Waals surface area contributed by atoms with Crippen molar-refractivity contribution in [2.75, 3.05) is 31.9 Å². The Hall–Kier alpha value is -1.62. The van der Waals surface area contributed by atoms with Crippen molar-refractivity contribution in [3.05, 3.63) is 29.6 Å². The Labute approximate surface area is 112 Å². The Morgan fingerprint density at radius 3 is 2.74 bits per heavy atom. The van der Waals surface area contributed by atoms with Crippen molar-refractivity contribution in [3.63, 3.8) is 0 Å². The van der Waals surface area contributed by atoms with Crippen LogP contribution in [0.4, 0.5) is 10.1 Å². The van der Waals surface area contributed by atoms with Gasteiger partial charge in [0.2, 0.25) is 0 Å². The third kappa shape index (κ3) is 4.21. The maximum absolute atomic E-state index is 13.1. The fraction of sp³-hybridized carbons (Fsp3) is 0.500. The van der Waals surface area contributed by atoms with Gasteiger partial charge in [-0.25, -0.2) is 4.39 Å². The summed E-state index contributed by atoms with van der Waals surface area (Å²) in [4.78, 5) is 14.2. The standard InChI is InChI=1S/C14H20FN3O/c15-12-8-11(9-13(16)10-12)14(19)17-4-3-7-18-5-1-2-6-18/h8-10H,1-7,16H2,(H,17,19). The van der Waals surface area contributed by atoms with E-state index in [0.29, 0.717) is 6.54 Å². The summed E-state index contributed by atoms with van der Waals surface area (Å²) >= 11 is 0. The van der Waals surface area contributed by atoms with E-state index in [2.05, 4.69) is 10.2 Å². The van der Waals surface area contributed by atoms with E-state index in [1.165, 1.54) is 31.0 Å². The molecule has 4 nitrogen and oxygen atoms in total. The lowest BCUT2D eigenvalue weighted by atomic mass is 10.2. The van der Waals surface area contributed by atoms with Gasteiger partial charge in [0, 0.05) is 17.8 Å². The van der Waals surface area contributed by atoms with Crippen molar-refractivity contribution in [3.8, 4) is 0 Å². The molecule has 2 rings (SSSR count). The fourth-order valence-corrected chi connectivity index (χ4v) is 2.36. The highest BCUT2D eigenvalue weighted by Crippen LogP contribution is 2.11. The molecule has 0 aromatic heterocycles. The molecule has 104 valence electrons. The molecule has 1 amide bonds. The molecule has 1 aliphatic heterocycles. The molecule has 0 aliphatic carbocycles. The lowest BCUT2D eigenvalue weighted by molar-refractivity contribution is 0.0951. The molecule has 0 unspecified atom stereocenters. The first-order valence-corrected chi connectivity index (χ1v) is 6.72. The van der Waals surface area contributed by atoms with Gasteiger partial charge in [0.15, 0.2) is 0 Å². The first-order valence-electron chi connectivity index (χ1n) is 6.72. The monoisotopic (exact) mass is 265 g/mol. The second kappa shape index (κ2) is 6.52. The van der Waals surface area contributed by atoms with Gasteiger partial charge in [0.05, 0.1) is 0 Å². The van der Waals surface area contributed by atoms with E-state index >= 15 is 0 Å².